The summed E-state index contributed by atoms with van der Waals surface area (Å²) < 4.78 is 2.03. The van der Waals surface area contributed by atoms with Crippen LogP contribution in [0, 0.1) is 5.41 Å². The fourth-order valence-electron chi connectivity index (χ4n) is 3.31. The molecular formula is C16H25N5. The van der Waals surface area contributed by atoms with Gasteiger partial charge in [0.05, 0.1) is 6.20 Å². The fraction of sp³-hybridized carbons (Fsp3) is 0.625. The zero-order chi connectivity index (χ0) is 14.9. The monoisotopic (exact) mass is 287 g/mol. The summed E-state index contributed by atoms with van der Waals surface area (Å²) in [5, 5.41) is 6.91. The molecule has 1 aliphatic rings. The molecule has 5 nitrogen and oxygen atoms in total. The second-order valence-electron chi connectivity index (χ2n) is 6.77. The highest BCUT2D eigenvalue weighted by Gasteiger charge is 2.28. The van der Waals surface area contributed by atoms with Gasteiger partial charge in [0.25, 0.3) is 0 Å². The first-order chi connectivity index (χ1) is 10.1. The summed E-state index contributed by atoms with van der Waals surface area (Å²) in [6, 6.07) is 0.485. The van der Waals surface area contributed by atoms with E-state index in [1.54, 1.807) is 0 Å². The Morgan fingerprint density at radius 3 is 3.05 bits per heavy atom. The van der Waals surface area contributed by atoms with E-state index in [9.17, 15) is 0 Å². The summed E-state index contributed by atoms with van der Waals surface area (Å²) >= 11 is 0. The lowest BCUT2D eigenvalue weighted by Gasteiger charge is -2.35. The van der Waals surface area contributed by atoms with E-state index in [0.29, 0.717) is 11.5 Å². The molecule has 0 bridgehead atoms. The van der Waals surface area contributed by atoms with Crippen LogP contribution in [0.15, 0.2) is 18.6 Å². The highest BCUT2D eigenvalue weighted by molar-refractivity contribution is 5.65. The first-order valence-electron chi connectivity index (χ1n) is 7.91. The molecule has 0 amide bonds. The predicted molar refractivity (Wildman–Crippen MR) is 86.8 cm³/mol. The standard InChI is InChI=1S/C16H25N5/c1-4-17-13-11-21-9-8-18-15(21)14(20-13)19-12-6-5-7-16(2,3)10-12/h8-9,11-12,17H,4-7,10H2,1-3H3,(H,19,20). The lowest BCUT2D eigenvalue weighted by molar-refractivity contribution is 0.229. The van der Waals surface area contributed by atoms with Crippen molar-refractivity contribution >= 4 is 17.3 Å². The van der Waals surface area contributed by atoms with Crippen molar-refractivity contribution in [3.63, 3.8) is 0 Å². The molecule has 5 heteroatoms. The lowest BCUT2D eigenvalue weighted by Crippen LogP contribution is -2.32. The second-order valence-corrected chi connectivity index (χ2v) is 6.77. The molecule has 0 saturated heterocycles. The normalized spacial score (nSPS) is 21.4. The molecule has 1 saturated carbocycles. The molecule has 2 aromatic heterocycles. The number of nitrogens with one attached hydrogen (secondary N) is 2. The molecule has 1 fully saturated rings. The van der Waals surface area contributed by atoms with Crippen molar-refractivity contribution in [2.24, 2.45) is 5.41 Å². The van der Waals surface area contributed by atoms with Gasteiger partial charge in [-0.05, 0) is 31.6 Å². The van der Waals surface area contributed by atoms with Gasteiger partial charge < -0.3 is 15.0 Å². The Kier molecular flexibility index (Phi) is 3.74. The lowest BCUT2D eigenvalue weighted by atomic mass is 9.75. The minimum atomic E-state index is 0.418. The Labute approximate surface area is 126 Å². The largest absolute Gasteiger partial charge is 0.369 e. The van der Waals surface area contributed by atoms with Gasteiger partial charge in [-0.1, -0.05) is 20.3 Å². The average Bonchev–Trinajstić information content (AvgIpc) is 2.86. The number of anilines is 2. The van der Waals surface area contributed by atoms with Gasteiger partial charge in [-0.15, -0.1) is 0 Å². The van der Waals surface area contributed by atoms with Crippen LogP contribution in [0.2, 0.25) is 0 Å². The van der Waals surface area contributed by atoms with Gasteiger partial charge in [0, 0.05) is 25.0 Å². The van der Waals surface area contributed by atoms with E-state index in [0.717, 1.165) is 23.8 Å². The van der Waals surface area contributed by atoms with Crippen LogP contribution in [0.25, 0.3) is 5.65 Å². The fourth-order valence-corrected chi connectivity index (χ4v) is 3.31. The molecule has 2 N–H and O–H groups in total. The van der Waals surface area contributed by atoms with Crippen molar-refractivity contribution in [3.8, 4) is 0 Å². The van der Waals surface area contributed by atoms with E-state index < -0.39 is 0 Å². The van der Waals surface area contributed by atoms with Gasteiger partial charge in [-0.25, -0.2) is 9.97 Å². The number of rotatable bonds is 4. The van der Waals surface area contributed by atoms with Crippen LogP contribution in [-0.2, 0) is 0 Å². The molecule has 1 unspecified atom stereocenters. The van der Waals surface area contributed by atoms with Crippen LogP contribution >= 0.6 is 0 Å². The number of aromatic nitrogens is 3. The maximum atomic E-state index is 4.70. The summed E-state index contributed by atoms with van der Waals surface area (Å²) in [5.41, 5.74) is 1.32. The summed E-state index contributed by atoms with van der Waals surface area (Å²) in [5.74, 6) is 1.78. The number of hydrogen-bond donors (Lipinski definition) is 2. The number of fused-ring (bicyclic) bond motifs is 1. The third kappa shape index (κ3) is 3.12. The molecule has 0 aromatic carbocycles. The van der Waals surface area contributed by atoms with Gasteiger partial charge in [0.2, 0.25) is 0 Å². The predicted octanol–water partition coefficient (Wildman–Crippen LogP) is 3.54. The smallest absolute Gasteiger partial charge is 0.180 e. The Hall–Kier alpha value is -1.78. The van der Waals surface area contributed by atoms with Crippen LogP contribution < -0.4 is 10.6 Å². The van der Waals surface area contributed by atoms with Crippen LogP contribution in [0.1, 0.15) is 46.5 Å². The maximum absolute atomic E-state index is 4.70. The Bertz CT molecular complexity index is 616. The quantitative estimate of drug-likeness (QED) is 0.903. The molecule has 114 valence electrons. The van der Waals surface area contributed by atoms with Crippen LogP contribution in [-0.4, -0.2) is 27.0 Å². The van der Waals surface area contributed by atoms with Crippen molar-refractivity contribution < 1.29 is 0 Å². The number of imidazole rings is 1. The zero-order valence-corrected chi connectivity index (χ0v) is 13.2. The summed E-state index contributed by atoms with van der Waals surface area (Å²) in [4.78, 5) is 9.13. The highest BCUT2D eigenvalue weighted by atomic mass is 15.2. The molecule has 0 spiro atoms. The highest BCUT2D eigenvalue weighted by Crippen LogP contribution is 2.36. The maximum Gasteiger partial charge on any atom is 0.180 e. The zero-order valence-electron chi connectivity index (χ0n) is 13.2. The molecule has 2 heterocycles. The third-order valence-corrected chi connectivity index (χ3v) is 4.28. The topological polar surface area (TPSA) is 54.2 Å². The Morgan fingerprint density at radius 1 is 1.43 bits per heavy atom. The van der Waals surface area contributed by atoms with Gasteiger partial charge in [-0.2, -0.15) is 0 Å². The third-order valence-electron chi connectivity index (χ3n) is 4.28. The molecule has 3 rings (SSSR count). The molecule has 2 aromatic rings. The van der Waals surface area contributed by atoms with Crippen molar-refractivity contribution in [2.75, 3.05) is 17.2 Å². The summed E-state index contributed by atoms with van der Waals surface area (Å²) in [6.07, 6.45) is 10.8. The van der Waals surface area contributed by atoms with E-state index in [1.165, 1.54) is 25.7 Å². The van der Waals surface area contributed by atoms with Gasteiger partial charge >= 0.3 is 0 Å². The number of nitrogens with zero attached hydrogens (tertiary/aromatic N) is 3. The summed E-state index contributed by atoms with van der Waals surface area (Å²) in [7, 11) is 0. The minimum Gasteiger partial charge on any atom is -0.369 e. The summed E-state index contributed by atoms with van der Waals surface area (Å²) in [6.45, 7) is 7.66. The molecule has 0 aliphatic heterocycles. The minimum absolute atomic E-state index is 0.418. The van der Waals surface area contributed by atoms with Crippen LogP contribution in [0.4, 0.5) is 11.6 Å². The van der Waals surface area contributed by atoms with Crippen molar-refractivity contribution in [3.05, 3.63) is 18.6 Å². The molecular weight excluding hydrogens is 262 g/mol. The molecule has 21 heavy (non-hydrogen) atoms. The first kappa shape index (κ1) is 14.2. The first-order valence-corrected chi connectivity index (χ1v) is 7.91. The van der Waals surface area contributed by atoms with Gasteiger partial charge in [0.15, 0.2) is 11.5 Å². The Balaban J connectivity index is 1.86. The van der Waals surface area contributed by atoms with E-state index in [-0.39, 0.29) is 0 Å². The Morgan fingerprint density at radius 2 is 2.29 bits per heavy atom. The second kappa shape index (κ2) is 5.54. The van der Waals surface area contributed by atoms with Crippen LogP contribution in [0.3, 0.4) is 0 Å². The SMILES string of the molecule is CCNc1cn2ccnc2c(NC2CCCC(C)(C)C2)n1. The van der Waals surface area contributed by atoms with Gasteiger partial charge in [-0.3, -0.25) is 0 Å². The van der Waals surface area contributed by atoms with E-state index in [2.05, 4.69) is 36.4 Å². The molecule has 1 atom stereocenters. The van der Waals surface area contributed by atoms with Crippen molar-refractivity contribution in [1.82, 2.24) is 14.4 Å². The van der Waals surface area contributed by atoms with E-state index >= 15 is 0 Å². The molecule has 1 aliphatic carbocycles. The average molecular weight is 287 g/mol. The van der Waals surface area contributed by atoms with E-state index in [4.69, 9.17) is 4.98 Å². The molecule has 0 radical (unpaired) electrons. The van der Waals surface area contributed by atoms with Crippen LogP contribution in [0.5, 0.6) is 0 Å². The van der Waals surface area contributed by atoms with Gasteiger partial charge in [0.1, 0.15) is 5.82 Å². The van der Waals surface area contributed by atoms with E-state index in [1.807, 2.05) is 23.0 Å². The van der Waals surface area contributed by atoms with Crippen molar-refractivity contribution in [2.45, 2.75) is 52.5 Å². The van der Waals surface area contributed by atoms with Crippen molar-refractivity contribution in [1.29, 1.82) is 0 Å². The number of hydrogen-bond acceptors (Lipinski definition) is 4.